The van der Waals surface area contributed by atoms with Gasteiger partial charge < -0.3 is 19.9 Å². The lowest BCUT2D eigenvalue weighted by molar-refractivity contribution is -0.139. The SMILES string of the molecule is COc1ccc2[nH]c3c(c2c1)CCN1C(=O)N(C(C)C(=O)NCc2cccnc2)C(=O)C31C. The fourth-order valence-electron chi connectivity index (χ4n) is 4.87. The van der Waals surface area contributed by atoms with Gasteiger partial charge in [-0.25, -0.2) is 9.69 Å². The fourth-order valence-corrected chi connectivity index (χ4v) is 4.87. The molecule has 0 bridgehead atoms. The van der Waals surface area contributed by atoms with Gasteiger partial charge in [-0.15, -0.1) is 0 Å². The van der Waals surface area contributed by atoms with E-state index in [1.807, 2.05) is 24.3 Å². The molecular formula is C24H25N5O4. The first-order chi connectivity index (χ1) is 15.9. The maximum absolute atomic E-state index is 13.7. The highest BCUT2D eigenvalue weighted by atomic mass is 16.5. The highest BCUT2D eigenvalue weighted by molar-refractivity contribution is 6.11. The average Bonchev–Trinajstić information content (AvgIpc) is 3.30. The first kappa shape index (κ1) is 21.0. The molecule has 4 heterocycles. The number of hydrogen-bond acceptors (Lipinski definition) is 5. The molecule has 0 saturated carbocycles. The van der Waals surface area contributed by atoms with Crippen LogP contribution in [0, 0.1) is 0 Å². The second kappa shape index (κ2) is 7.61. The zero-order chi connectivity index (χ0) is 23.3. The standard InChI is InChI=1S/C24H25N5O4/c1-14(21(30)26-13-15-5-4-9-25-12-15)29-22(31)24(2)20-17(8-10-28(24)23(29)32)18-11-16(33-3)6-7-19(18)27-20/h4-7,9,11-12,14,27H,8,10,13H2,1-3H3,(H,26,30). The molecule has 1 aromatic carbocycles. The number of rotatable bonds is 5. The van der Waals surface area contributed by atoms with E-state index in [4.69, 9.17) is 4.74 Å². The molecule has 9 nitrogen and oxygen atoms in total. The minimum absolute atomic E-state index is 0.266. The lowest BCUT2D eigenvalue weighted by atomic mass is 9.87. The normalized spacial score (nSPS) is 20.6. The molecular weight excluding hydrogens is 422 g/mol. The van der Waals surface area contributed by atoms with E-state index in [1.165, 1.54) is 0 Å². The van der Waals surface area contributed by atoms with Crippen molar-refractivity contribution < 1.29 is 19.1 Å². The molecule has 0 radical (unpaired) electrons. The molecule has 5 rings (SSSR count). The van der Waals surface area contributed by atoms with Gasteiger partial charge in [-0.1, -0.05) is 6.07 Å². The highest BCUT2D eigenvalue weighted by Crippen LogP contribution is 2.45. The van der Waals surface area contributed by atoms with Crippen molar-refractivity contribution in [3.05, 3.63) is 59.5 Å². The van der Waals surface area contributed by atoms with Crippen LogP contribution in [0.5, 0.6) is 5.75 Å². The summed E-state index contributed by atoms with van der Waals surface area (Å²) in [7, 11) is 1.61. The summed E-state index contributed by atoms with van der Waals surface area (Å²) in [5.74, 6) is -0.0761. The number of pyridine rings is 1. The quantitative estimate of drug-likeness (QED) is 0.584. The lowest BCUT2D eigenvalue weighted by Crippen LogP contribution is -2.49. The largest absolute Gasteiger partial charge is 0.497 e. The number of nitrogens with zero attached hydrogens (tertiary/aromatic N) is 3. The Hall–Kier alpha value is -3.88. The van der Waals surface area contributed by atoms with Crippen molar-refractivity contribution >= 4 is 28.7 Å². The van der Waals surface area contributed by atoms with E-state index in [2.05, 4.69) is 15.3 Å². The zero-order valence-electron chi connectivity index (χ0n) is 18.7. The molecule has 2 atom stereocenters. The summed E-state index contributed by atoms with van der Waals surface area (Å²) in [6.07, 6.45) is 3.91. The molecule has 33 heavy (non-hydrogen) atoms. The number of hydrogen-bond donors (Lipinski definition) is 2. The van der Waals surface area contributed by atoms with E-state index >= 15 is 0 Å². The van der Waals surface area contributed by atoms with Gasteiger partial charge in [0.25, 0.3) is 5.91 Å². The second-order valence-electron chi connectivity index (χ2n) is 8.58. The van der Waals surface area contributed by atoms with Crippen LogP contribution in [0.25, 0.3) is 10.9 Å². The molecule has 3 aromatic rings. The highest BCUT2D eigenvalue weighted by Gasteiger charge is 2.60. The van der Waals surface area contributed by atoms with Gasteiger partial charge in [0.05, 0.1) is 12.8 Å². The number of aromatic nitrogens is 2. The second-order valence-corrected chi connectivity index (χ2v) is 8.58. The summed E-state index contributed by atoms with van der Waals surface area (Å²) in [6, 6.07) is 7.94. The number of benzene rings is 1. The molecule has 4 amide bonds. The summed E-state index contributed by atoms with van der Waals surface area (Å²) >= 11 is 0. The Bertz CT molecular complexity index is 1270. The van der Waals surface area contributed by atoms with Crippen LogP contribution in [0.15, 0.2) is 42.7 Å². The van der Waals surface area contributed by atoms with Crippen molar-refractivity contribution in [2.24, 2.45) is 0 Å². The molecule has 2 N–H and O–H groups in total. The number of aromatic amines is 1. The van der Waals surface area contributed by atoms with Crippen molar-refractivity contribution in [1.29, 1.82) is 0 Å². The third-order valence-corrected chi connectivity index (χ3v) is 6.75. The van der Waals surface area contributed by atoms with Crippen LogP contribution in [-0.2, 0) is 28.1 Å². The Morgan fingerprint density at radius 2 is 2.15 bits per heavy atom. The maximum atomic E-state index is 13.7. The number of urea groups is 1. The molecule has 2 aliphatic rings. The van der Waals surface area contributed by atoms with Crippen LogP contribution in [0.3, 0.4) is 0 Å². The van der Waals surface area contributed by atoms with Crippen LogP contribution >= 0.6 is 0 Å². The van der Waals surface area contributed by atoms with E-state index in [0.29, 0.717) is 18.7 Å². The lowest BCUT2D eigenvalue weighted by Gasteiger charge is -2.36. The predicted molar refractivity (Wildman–Crippen MR) is 120 cm³/mol. The zero-order valence-corrected chi connectivity index (χ0v) is 18.7. The molecule has 1 saturated heterocycles. The summed E-state index contributed by atoms with van der Waals surface area (Å²) in [4.78, 5) is 49.9. The molecule has 170 valence electrons. The Balaban J connectivity index is 1.45. The van der Waals surface area contributed by atoms with Crippen LogP contribution in [0.4, 0.5) is 4.79 Å². The fraction of sp³-hybridized carbons (Fsp3) is 0.333. The van der Waals surface area contributed by atoms with Crippen LogP contribution in [-0.4, -0.2) is 57.3 Å². The number of methoxy groups -OCH3 is 1. The Morgan fingerprint density at radius 1 is 1.33 bits per heavy atom. The van der Waals surface area contributed by atoms with Gasteiger partial charge in [-0.2, -0.15) is 0 Å². The van der Waals surface area contributed by atoms with E-state index in [1.54, 1.807) is 44.3 Å². The molecule has 2 aromatic heterocycles. The molecule has 2 aliphatic heterocycles. The average molecular weight is 447 g/mol. The number of amides is 4. The Morgan fingerprint density at radius 3 is 2.88 bits per heavy atom. The van der Waals surface area contributed by atoms with Gasteiger partial charge in [0.15, 0.2) is 5.54 Å². The van der Waals surface area contributed by atoms with Gasteiger partial charge in [0, 0.05) is 36.4 Å². The van der Waals surface area contributed by atoms with Gasteiger partial charge in [0.1, 0.15) is 11.8 Å². The summed E-state index contributed by atoms with van der Waals surface area (Å²) in [6.45, 7) is 3.98. The summed E-state index contributed by atoms with van der Waals surface area (Å²) < 4.78 is 5.36. The van der Waals surface area contributed by atoms with Crippen LogP contribution in [0.2, 0.25) is 0 Å². The predicted octanol–water partition coefficient (Wildman–Crippen LogP) is 2.31. The molecule has 0 aliphatic carbocycles. The Labute approximate surface area is 190 Å². The summed E-state index contributed by atoms with van der Waals surface area (Å²) in [5, 5.41) is 3.78. The maximum Gasteiger partial charge on any atom is 0.328 e. The molecule has 2 unspecified atom stereocenters. The Kier molecular flexibility index (Phi) is 4.84. The number of H-pyrrole nitrogens is 1. The topological polar surface area (TPSA) is 108 Å². The van der Waals surface area contributed by atoms with Crippen molar-refractivity contribution in [3.8, 4) is 5.75 Å². The smallest absolute Gasteiger partial charge is 0.328 e. The minimum atomic E-state index is -1.20. The van der Waals surface area contributed by atoms with Crippen molar-refractivity contribution in [3.63, 3.8) is 0 Å². The van der Waals surface area contributed by atoms with Crippen molar-refractivity contribution in [1.82, 2.24) is 25.1 Å². The van der Waals surface area contributed by atoms with Crippen LogP contribution < -0.4 is 10.1 Å². The van der Waals surface area contributed by atoms with E-state index in [9.17, 15) is 14.4 Å². The van der Waals surface area contributed by atoms with Gasteiger partial charge in [-0.05, 0) is 55.7 Å². The number of imide groups is 1. The van der Waals surface area contributed by atoms with Crippen molar-refractivity contribution in [2.75, 3.05) is 13.7 Å². The number of ether oxygens (including phenoxy) is 1. The first-order valence-electron chi connectivity index (χ1n) is 10.9. The minimum Gasteiger partial charge on any atom is -0.497 e. The van der Waals surface area contributed by atoms with Crippen LogP contribution in [0.1, 0.15) is 30.7 Å². The van der Waals surface area contributed by atoms with E-state index in [0.717, 1.165) is 32.7 Å². The monoisotopic (exact) mass is 447 g/mol. The van der Waals surface area contributed by atoms with E-state index in [-0.39, 0.29) is 6.54 Å². The molecule has 1 fully saturated rings. The molecule has 0 spiro atoms. The van der Waals surface area contributed by atoms with Gasteiger partial charge in [-0.3, -0.25) is 14.6 Å². The van der Waals surface area contributed by atoms with Gasteiger partial charge in [0.2, 0.25) is 5.91 Å². The van der Waals surface area contributed by atoms with Gasteiger partial charge >= 0.3 is 6.03 Å². The number of carbonyl (C=O) groups is 3. The number of carbonyl (C=O) groups excluding carboxylic acids is 3. The third kappa shape index (κ3) is 3.06. The summed E-state index contributed by atoms with van der Waals surface area (Å²) in [5.41, 5.74) is 2.21. The number of fused-ring (bicyclic) bond motifs is 5. The third-order valence-electron chi connectivity index (χ3n) is 6.75. The number of nitrogens with one attached hydrogen (secondary N) is 2. The molecule has 9 heteroatoms. The van der Waals surface area contributed by atoms with Crippen molar-refractivity contribution in [2.45, 2.75) is 38.4 Å². The van der Waals surface area contributed by atoms with E-state index < -0.39 is 29.4 Å². The first-order valence-corrected chi connectivity index (χ1v) is 10.9.